The number of ether oxygens (including phenoxy) is 2. The van der Waals surface area contributed by atoms with Crippen molar-refractivity contribution in [3.05, 3.63) is 59.7 Å². The van der Waals surface area contributed by atoms with Gasteiger partial charge in [-0.3, -0.25) is 20.4 Å². The number of carbonyl (C=O) groups excluding carboxylic acids is 2. The Kier molecular flexibility index (Phi) is 7.87. The number of hydrogen-bond donors (Lipinski definition) is 2. The summed E-state index contributed by atoms with van der Waals surface area (Å²) in [5.41, 5.74) is 6.71. The lowest BCUT2D eigenvalue weighted by atomic mass is 10.0. The average Bonchev–Trinajstić information content (AvgIpc) is 2.69. The van der Waals surface area contributed by atoms with E-state index in [0.29, 0.717) is 11.5 Å². The van der Waals surface area contributed by atoms with E-state index in [4.69, 9.17) is 9.47 Å². The van der Waals surface area contributed by atoms with Gasteiger partial charge in [0.1, 0.15) is 11.5 Å². The van der Waals surface area contributed by atoms with Gasteiger partial charge in [0, 0.05) is 0 Å². The topological polar surface area (TPSA) is 76.7 Å². The molecule has 0 heterocycles. The lowest BCUT2D eigenvalue weighted by Gasteiger charge is -2.15. The van der Waals surface area contributed by atoms with Crippen LogP contribution in [-0.2, 0) is 9.59 Å². The van der Waals surface area contributed by atoms with Crippen LogP contribution in [0.2, 0.25) is 0 Å². The van der Waals surface area contributed by atoms with E-state index in [9.17, 15) is 9.59 Å². The number of nitrogens with one attached hydrogen (secondary N) is 2. The molecule has 0 saturated carbocycles. The maximum Gasteiger partial charge on any atom is 0.276 e. The van der Waals surface area contributed by atoms with Gasteiger partial charge >= 0.3 is 0 Å². The molecule has 150 valence electrons. The molecule has 2 rings (SSSR count). The van der Waals surface area contributed by atoms with Gasteiger partial charge < -0.3 is 9.47 Å². The van der Waals surface area contributed by atoms with Gasteiger partial charge in [-0.1, -0.05) is 64.1 Å². The van der Waals surface area contributed by atoms with Gasteiger partial charge in [-0.25, -0.2) is 0 Å². The molecule has 0 bridgehead atoms. The minimum Gasteiger partial charge on any atom is -0.483 e. The van der Waals surface area contributed by atoms with Crippen LogP contribution in [0.4, 0.5) is 0 Å². The van der Waals surface area contributed by atoms with Crippen LogP contribution in [0.3, 0.4) is 0 Å². The molecule has 2 N–H and O–H groups in total. The zero-order valence-corrected chi connectivity index (χ0v) is 16.8. The first-order valence-corrected chi connectivity index (χ1v) is 9.39. The maximum absolute atomic E-state index is 11.9. The summed E-state index contributed by atoms with van der Waals surface area (Å²) in [4.78, 5) is 23.9. The molecule has 0 aliphatic rings. The van der Waals surface area contributed by atoms with Crippen LogP contribution in [0, 0.1) is 0 Å². The van der Waals surface area contributed by atoms with Crippen molar-refractivity contribution in [2.75, 3.05) is 13.2 Å². The minimum atomic E-state index is -0.450. The Hall–Kier alpha value is -3.02. The molecule has 0 saturated heterocycles. The molecule has 6 nitrogen and oxygen atoms in total. The van der Waals surface area contributed by atoms with E-state index in [0.717, 1.165) is 11.1 Å². The number of hydrogen-bond acceptors (Lipinski definition) is 4. The molecular formula is C22H28N2O4. The summed E-state index contributed by atoms with van der Waals surface area (Å²) in [6, 6.07) is 15.1. The van der Waals surface area contributed by atoms with Gasteiger partial charge in [-0.15, -0.1) is 0 Å². The van der Waals surface area contributed by atoms with Crippen molar-refractivity contribution in [2.24, 2.45) is 0 Å². The van der Waals surface area contributed by atoms with Gasteiger partial charge in [0.25, 0.3) is 11.8 Å². The SMILES string of the molecule is CC(C)c1ccccc1OCC(=O)NNC(=O)COc1ccccc1C(C)C. The van der Waals surface area contributed by atoms with Crippen LogP contribution >= 0.6 is 0 Å². The van der Waals surface area contributed by atoms with E-state index in [-0.39, 0.29) is 25.0 Å². The number of carbonyl (C=O) groups is 2. The third-order valence-electron chi connectivity index (χ3n) is 4.14. The zero-order chi connectivity index (χ0) is 20.5. The molecular weight excluding hydrogens is 356 g/mol. The molecule has 0 fully saturated rings. The van der Waals surface area contributed by atoms with E-state index in [1.807, 2.05) is 48.5 Å². The largest absolute Gasteiger partial charge is 0.483 e. The summed E-state index contributed by atoms with van der Waals surface area (Å²) < 4.78 is 11.1. The molecule has 0 radical (unpaired) electrons. The predicted molar refractivity (Wildman–Crippen MR) is 108 cm³/mol. The number of hydrazine groups is 1. The minimum absolute atomic E-state index is 0.193. The highest BCUT2D eigenvalue weighted by atomic mass is 16.5. The highest BCUT2D eigenvalue weighted by Gasteiger charge is 2.11. The fourth-order valence-electron chi connectivity index (χ4n) is 2.68. The quantitative estimate of drug-likeness (QED) is 0.683. The normalized spacial score (nSPS) is 10.6. The first-order valence-electron chi connectivity index (χ1n) is 9.39. The standard InChI is InChI=1S/C22H28N2O4/c1-15(2)17-9-5-7-11-19(17)27-13-21(25)23-24-22(26)14-28-20-12-8-6-10-18(20)16(3)4/h5-12,15-16H,13-14H2,1-4H3,(H,23,25)(H,24,26). The molecule has 2 aromatic carbocycles. The maximum atomic E-state index is 11.9. The fourth-order valence-corrected chi connectivity index (χ4v) is 2.68. The molecule has 6 heteroatoms. The van der Waals surface area contributed by atoms with Crippen LogP contribution in [0.1, 0.15) is 50.7 Å². The van der Waals surface area contributed by atoms with Crippen LogP contribution in [0.25, 0.3) is 0 Å². The van der Waals surface area contributed by atoms with E-state index >= 15 is 0 Å². The summed E-state index contributed by atoms with van der Waals surface area (Å²) >= 11 is 0. The van der Waals surface area contributed by atoms with Crippen molar-refractivity contribution >= 4 is 11.8 Å². The summed E-state index contributed by atoms with van der Waals surface area (Å²) in [7, 11) is 0. The number of benzene rings is 2. The molecule has 2 amide bonds. The van der Waals surface area contributed by atoms with E-state index in [1.54, 1.807) is 0 Å². The van der Waals surface area contributed by atoms with Crippen molar-refractivity contribution in [2.45, 2.75) is 39.5 Å². The second-order valence-corrected chi connectivity index (χ2v) is 7.06. The Labute approximate surface area is 166 Å². The summed E-state index contributed by atoms with van der Waals surface area (Å²) in [6.45, 7) is 7.84. The van der Waals surface area contributed by atoms with Crippen molar-refractivity contribution in [3.63, 3.8) is 0 Å². The predicted octanol–water partition coefficient (Wildman–Crippen LogP) is 3.54. The third kappa shape index (κ3) is 6.30. The first kappa shape index (κ1) is 21.3. The van der Waals surface area contributed by atoms with Crippen molar-refractivity contribution in [3.8, 4) is 11.5 Å². The Morgan fingerprint density at radius 2 is 1.07 bits per heavy atom. The Bertz CT molecular complexity index is 735. The smallest absolute Gasteiger partial charge is 0.276 e. The van der Waals surface area contributed by atoms with Crippen LogP contribution in [0.15, 0.2) is 48.5 Å². The molecule has 28 heavy (non-hydrogen) atoms. The van der Waals surface area contributed by atoms with Gasteiger partial charge in [-0.05, 0) is 35.1 Å². The first-order chi connectivity index (χ1) is 13.4. The lowest BCUT2D eigenvalue weighted by Crippen LogP contribution is -2.45. The van der Waals surface area contributed by atoms with E-state index < -0.39 is 11.8 Å². The number of para-hydroxylation sites is 2. The van der Waals surface area contributed by atoms with Gasteiger partial charge in [0.05, 0.1) is 0 Å². The average molecular weight is 384 g/mol. The van der Waals surface area contributed by atoms with E-state index in [2.05, 4.69) is 38.5 Å². The van der Waals surface area contributed by atoms with Crippen molar-refractivity contribution < 1.29 is 19.1 Å². The molecule has 0 unspecified atom stereocenters. The molecule has 0 aromatic heterocycles. The Balaban J connectivity index is 1.77. The highest BCUT2D eigenvalue weighted by molar-refractivity contribution is 5.83. The van der Waals surface area contributed by atoms with Crippen molar-refractivity contribution in [1.29, 1.82) is 0 Å². The van der Waals surface area contributed by atoms with Crippen LogP contribution < -0.4 is 20.3 Å². The molecule has 2 aromatic rings. The van der Waals surface area contributed by atoms with Gasteiger partial charge in [0.2, 0.25) is 0 Å². The van der Waals surface area contributed by atoms with Crippen LogP contribution in [-0.4, -0.2) is 25.0 Å². The van der Waals surface area contributed by atoms with Gasteiger partial charge in [-0.2, -0.15) is 0 Å². The molecule has 0 atom stereocenters. The van der Waals surface area contributed by atoms with Crippen molar-refractivity contribution in [1.82, 2.24) is 10.9 Å². The molecule has 0 aliphatic heterocycles. The molecule has 0 aliphatic carbocycles. The number of amides is 2. The van der Waals surface area contributed by atoms with Crippen LogP contribution in [0.5, 0.6) is 11.5 Å². The lowest BCUT2D eigenvalue weighted by molar-refractivity contribution is -0.131. The fraction of sp³-hybridized carbons (Fsp3) is 0.364. The second-order valence-electron chi connectivity index (χ2n) is 7.06. The highest BCUT2D eigenvalue weighted by Crippen LogP contribution is 2.26. The summed E-state index contributed by atoms with van der Waals surface area (Å²) in [5, 5.41) is 0. The summed E-state index contributed by atoms with van der Waals surface area (Å²) in [5.74, 6) is 0.985. The van der Waals surface area contributed by atoms with Gasteiger partial charge in [0.15, 0.2) is 13.2 Å². The monoisotopic (exact) mass is 384 g/mol. The second kappa shape index (κ2) is 10.3. The van der Waals surface area contributed by atoms with E-state index in [1.165, 1.54) is 0 Å². The zero-order valence-electron chi connectivity index (χ0n) is 16.8. The Morgan fingerprint density at radius 1 is 0.714 bits per heavy atom. The summed E-state index contributed by atoms with van der Waals surface area (Å²) in [6.07, 6.45) is 0. The Morgan fingerprint density at radius 3 is 1.43 bits per heavy atom. The molecule has 0 spiro atoms. The third-order valence-corrected chi connectivity index (χ3v) is 4.14. The number of rotatable bonds is 8.